The summed E-state index contributed by atoms with van der Waals surface area (Å²) in [6.07, 6.45) is 3.05. The summed E-state index contributed by atoms with van der Waals surface area (Å²) in [6, 6.07) is 11.9. The number of hydrogen-bond acceptors (Lipinski definition) is 5. The van der Waals surface area contributed by atoms with Crippen LogP contribution in [-0.4, -0.2) is 41.7 Å². The molecule has 1 aromatic carbocycles. The second-order valence-corrected chi connectivity index (χ2v) is 6.23. The zero-order valence-corrected chi connectivity index (χ0v) is 14.5. The predicted molar refractivity (Wildman–Crippen MR) is 96.7 cm³/mol. The van der Waals surface area contributed by atoms with Crippen molar-refractivity contribution in [1.29, 1.82) is 0 Å². The Bertz CT molecular complexity index is 700. The molecule has 2 aromatic rings. The van der Waals surface area contributed by atoms with Crippen LogP contribution >= 0.6 is 0 Å². The van der Waals surface area contributed by atoms with Gasteiger partial charge in [0.1, 0.15) is 5.69 Å². The van der Waals surface area contributed by atoms with Gasteiger partial charge in [-0.3, -0.25) is 4.79 Å². The average Bonchev–Trinajstić information content (AvgIpc) is 3.14. The Morgan fingerprint density at radius 3 is 2.88 bits per heavy atom. The topological polar surface area (TPSA) is 76.1 Å². The molecular formula is C19H24N4O2. The number of aromatic nitrogens is 2. The van der Waals surface area contributed by atoms with Gasteiger partial charge in [0.05, 0.1) is 6.10 Å². The highest BCUT2D eigenvalue weighted by Crippen LogP contribution is 2.11. The summed E-state index contributed by atoms with van der Waals surface area (Å²) in [5.41, 5.74) is 2.39. The van der Waals surface area contributed by atoms with E-state index in [1.807, 2.05) is 25.1 Å². The minimum atomic E-state index is -0.188. The molecule has 1 unspecified atom stereocenters. The number of anilines is 1. The average molecular weight is 340 g/mol. The first kappa shape index (κ1) is 17.4. The zero-order chi connectivity index (χ0) is 17.5. The normalized spacial score (nSPS) is 16.6. The van der Waals surface area contributed by atoms with Crippen molar-refractivity contribution in [3.05, 3.63) is 53.3 Å². The second kappa shape index (κ2) is 8.58. The fourth-order valence-electron chi connectivity index (χ4n) is 2.83. The van der Waals surface area contributed by atoms with Crippen LogP contribution in [0.1, 0.15) is 34.6 Å². The van der Waals surface area contributed by atoms with Gasteiger partial charge in [0.2, 0.25) is 5.95 Å². The lowest BCUT2D eigenvalue weighted by Crippen LogP contribution is -2.32. The third kappa shape index (κ3) is 5.26. The zero-order valence-electron chi connectivity index (χ0n) is 14.5. The van der Waals surface area contributed by atoms with Gasteiger partial charge in [-0.05, 0) is 37.8 Å². The van der Waals surface area contributed by atoms with Crippen molar-refractivity contribution >= 4 is 11.9 Å². The molecule has 0 aliphatic carbocycles. The SMILES string of the molecule is Cc1cc(C(=O)NCC2CCCO2)nc(NCCc2ccccc2)n1. The molecule has 6 nitrogen and oxygen atoms in total. The second-order valence-electron chi connectivity index (χ2n) is 6.23. The standard InChI is InChI=1S/C19H24N4O2/c1-14-12-17(18(24)21-13-16-8-5-11-25-16)23-19(22-14)20-10-9-15-6-3-2-4-7-15/h2-4,6-7,12,16H,5,8-11,13H2,1H3,(H,21,24)(H,20,22,23). The van der Waals surface area contributed by atoms with Crippen LogP contribution < -0.4 is 10.6 Å². The summed E-state index contributed by atoms with van der Waals surface area (Å²) in [6.45, 7) is 3.88. The molecule has 0 bridgehead atoms. The molecule has 2 N–H and O–H groups in total. The van der Waals surface area contributed by atoms with Crippen LogP contribution in [0.3, 0.4) is 0 Å². The van der Waals surface area contributed by atoms with Gasteiger partial charge in [-0.1, -0.05) is 30.3 Å². The lowest BCUT2D eigenvalue weighted by molar-refractivity contribution is 0.0853. The summed E-state index contributed by atoms with van der Waals surface area (Å²) in [4.78, 5) is 21.0. The van der Waals surface area contributed by atoms with Crippen LogP contribution in [0.2, 0.25) is 0 Å². The Hall–Kier alpha value is -2.47. The lowest BCUT2D eigenvalue weighted by Gasteiger charge is -2.11. The number of rotatable bonds is 7. The molecule has 1 aliphatic rings. The van der Waals surface area contributed by atoms with E-state index in [4.69, 9.17) is 4.74 Å². The van der Waals surface area contributed by atoms with E-state index in [-0.39, 0.29) is 12.0 Å². The third-order valence-electron chi connectivity index (χ3n) is 4.14. The van der Waals surface area contributed by atoms with Crippen LogP contribution in [0.15, 0.2) is 36.4 Å². The maximum Gasteiger partial charge on any atom is 0.270 e. The van der Waals surface area contributed by atoms with Gasteiger partial charge in [-0.25, -0.2) is 9.97 Å². The minimum absolute atomic E-state index is 0.121. The smallest absolute Gasteiger partial charge is 0.270 e. The molecule has 0 saturated carbocycles. The van der Waals surface area contributed by atoms with Crippen molar-refractivity contribution in [3.8, 4) is 0 Å². The molecule has 1 atom stereocenters. The van der Waals surface area contributed by atoms with E-state index < -0.39 is 0 Å². The number of nitrogens with one attached hydrogen (secondary N) is 2. The molecule has 25 heavy (non-hydrogen) atoms. The molecule has 0 radical (unpaired) electrons. The first-order valence-electron chi connectivity index (χ1n) is 8.74. The number of carbonyl (C=O) groups excluding carboxylic acids is 1. The first-order valence-corrected chi connectivity index (χ1v) is 8.74. The van der Waals surface area contributed by atoms with Gasteiger partial charge in [-0.15, -0.1) is 0 Å². The van der Waals surface area contributed by atoms with Crippen LogP contribution in [0, 0.1) is 6.92 Å². The summed E-state index contributed by atoms with van der Waals surface area (Å²) in [5, 5.41) is 6.09. The highest BCUT2D eigenvalue weighted by molar-refractivity contribution is 5.92. The van der Waals surface area contributed by atoms with Crippen LogP contribution in [0.5, 0.6) is 0 Å². The highest BCUT2D eigenvalue weighted by atomic mass is 16.5. The molecule has 1 fully saturated rings. The number of amides is 1. The quantitative estimate of drug-likeness (QED) is 0.809. The number of ether oxygens (including phenoxy) is 1. The maximum atomic E-state index is 12.3. The fourth-order valence-corrected chi connectivity index (χ4v) is 2.83. The van der Waals surface area contributed by atoms with Crippen molar-refractivity contribution in [2.75, 3.05) is 25.0 Å². The van der Waals surface area contributed by atoms with Crippen LogP contribution in [0.4, 0.5) is 5.95 Å². The van der Waals surface area contributed by atoms with Gasteiger partial charge in [0.15, 0.2) is 0 Å². The monoisotopic (exact) mass is 340 g/mol. The Labute approximate surface area is 148 Å². The lowest BCUT2D eigenvalue weighted by atomic mass is 10.1. The fraction of sp³-hybridized carbons (Fsp3) is 0.421. The Morgan fingerprint density at radius 2 is 2.12 bits per heavy atom. The predicted octanol–water partition coefficient (Wildman–Crippen LogP) is 2.35. The van der Waals surface area contributed by atoms with Crippen LogP contribution in [-0.2, 0) is 11.2 Å². The molecule has 6 heteroatoms. The minimum Gasteiger partial charge on any atom is -0.376 e. The summed E-state index contributed by atoms with van der Waals surface area (Å²) < 4.78 is 5.52. The molecule has 1 saturated heterocycles. The van der Waals surface area contributed by atoms with Crippen molar-refractivity contribution in [1.82, 2.24) is 15.3 Å². The Morgan fingerprint density at radius 1 is 1.28 bits per heavy atom. The van der Waals surface area contributed by atoms with Gasteiger partial charge < -0.3 is 15.4 Å². The van der Waals surface area contributed by atoms with Crippen molar-refractivity contribution in [2.45, 2.75) is 32.3 Å². The number of benzene rings is 1. The summed E-state index contributed by atoms with van der Waals surface area (Å²) in [7, 11) is 0. The Balaban J connectivity index is 1.54. The van der Waals surface area contributed by atoms with E-state index in [1.54, 1.807) is 6.07 Å². The molecule has 3 rings (SSSR count). The van der Waals surface area contributed by atoms with E-state index in [0.29, 0.717) is 24.7 Å². The molecule has 132 valence electrons. The summed E-state index contributed by atoms with van der Waals surface area (Å²) >= 11 is 0. The van der Waals surface area contributed by atoms with Gasteiger partial charge in [0.25, 0.3) is 5.91 Å². The number of hydrogen-bond donors (Lipinski definition) is 2. The van der Waals surface area contributed by atoms with Gasteiger partial charge in [0, 0.05) is 25.4 Å². The number of nitrogens with zero attached hydrogens (tertiary/aromatic N) is 2. The van der Waals surface area contributed by atoms with E-state index in [0.717, 1.165) is 31.6 Å². The Kier molecular flexibility index (Phi) is 5.95. The molecular weight excluding hydrogens is 316 g/mol. The van der Waals surface area contributed by atoms with Crippen molar-refractivity contribution < 1.29 is 9.53 Å². The van der Waals surface area contributed by atoms with Crippen molar-refractivity contribution in [2.24, 2.45) is 0 Å². The third-order valence-corrected chi connectivity index (χ3v) is 4.14. The van der Waals surface area contributed by atoms with E-state index in [9.17, 15) is 4.79 Å². The highest BCUT2D eigenvalue weighted by Gasteiger charge is 2.17. The van der Waals surface area contributed by atoms with Crippen LogP contribution in [0.25, 0.3) is 0 Å². The molecule has 2 heterocycles. The first-order chi connectivity index (χ1) is 12.2. The summed E-state index contributed by atoms with van der Waals surface area (Å²) in [5.74, 6) is 0.297. The largest absolute Gasteiger partial charge is 0.376 e. The van der Waals surface area contributed by atoms with Gasteiger partial charge in [-0.2, -0.15) is 0 Å². The maximum absolute atomic E-state index is 12.3. The van der Waals surface area contributed by atoms with Crippen molar-refractivity contribution in [3.63, 3.8) is 0 Å². The molecule has 1 aliphatic heterocycles. The van der Waals surface area contributed by atoms with E-state index in [2.05, 4.69) is 32.7 Å². The number of carbonyl (C=O) groups is 1. The molecule has 1 aromatic heterocycles. The molecule has 1 amide bonds. The number of aryl methyl sites for hydroxylation is 1. The molecule has 0 spiro atoms. The van der Waals surface area contributed by atoms with Gasteiger partial charge >= 0.3 is 0 Å². The van der Waals surface area contributed by atoms with E-state index >= 15 is 0 Å². The van der Waals surface area contributed by atoms with E-state index in [1.165, 1.54) is 5.56 Å².